The molecule has 0 N–H and O–H groups in total. The van der Waals surface area contributed by atoms with Gasteiger partial charge in [-0.3, -0.25) is 0 Å². The highest BCUT2D eigenvalue weighted by Crippen LogP contribution is 2.34. The van der Waals surface area contributed by atoms with Gasteiger partial charge in [0.2, 0.25) is 0 Å². The van der Waals surface area contributed by atoms with Crippen molar-refractivity contribution in [3.8, 4) is 6.07 Å². The van der Waals surface area contributed by atoms with Gasteiger partial charge in [0.1, 0.15) is 0 Å². The summed E-state index contributed by atoms with van der Waals surface area (Å²) >= 11 is 0. The fourth-order valence-electron chi connectivity index (χ4n) is 4.26. The Kier molecular flexibility index (Phi) is 10.5. The second kappa shape index (κ2) is 12.7. The molecule has 144 valence electrons. The molecule has 1 heterocycles. The molecule has 3 nitrogen and oxygen atoms in total. The highest BCUT2D eigenvalue weighted by Gasteiger charge is 2.32. The Morgan fingerprint density at radius 2 is 1.36 bits per heavy atom. The number of rotatable bonds is 11. The quantitative estimate of drug-likeness (QED) is 0.415. The van der Waals surface area contributed by atoms with E-state index >= 15 is 0 Å². The van der Waals surface area contributed by atoms with Crippen LogP contribution in [0.25, 0.3) is 0 Å². The van der Waals surface area contributed by atoms with E-state index < -0.39 is 0 Å². The van der Waals surface area contributed by atoms with Crippen LogP contribution in [0.5, 0.6) is 0 Å². The molecule has 0 atom stereocenters. The third-order valence-electron chi connectivity index (χ3n) is 6.05. The smallest absolute Gasteiger partial charge is 0.160 e. The maximum atomic E-state index is 8.99. The molecule has 2 fully saturated rings. The van der Waals surface area contributed by atoms with Crippen LogP contribution >= 0.6 is 0 Å². The van der Waals surface area contributed by atoms with Gasteiger partial charge in [-0.1, -0.05) is 64.7 Å². The summed E-state index contributed by atoms with van der Waals surface area (Å²) in [4.78, 5) is 0. The van der Waals surface area contributed by atoms with Crippen LogP contribution in [0, 0.1) is 29.1 Å². The molecule has 1 aliphatic heterocycles. The predicted molar refractivity (Wildman–Crippen MR) is 102 cm³/mol. The van der Waals surface area contributed by atoms with Gasteiger partial charge in [-0.2, -0.15) is 5.26 Å². The lowest BCUT2D eigenvalue weighted by Gasteiger charge is -2.36. The maximum absolute atomic E-state index is 8.99. The van der Waals surface area contributed by atoms with Crippen LogP contribution in [0.2, 0.25) is 0 Å². The van der Waals surface area contributed by atoms with Gasteiger partial charge in [-0.05, 0) is 32.1 Å². The minimum absolute atomic E-state index is 0.000913. The van der Waals surface area contributed by atoms with Crippen LogP contribution in [-0.2, 0) is 9.47 Å². The molecule has 2 aliphatic rings. The first-order valence-electron chi connectivity index (χ1n) is 11.0. The van der Waals surface area contributed by atoms with Crippen LogP contribution in [0.15, 0.2) is 0 Å². The molecule has 1 saturated carbocycles. The van der Waals surface area contributed by atoms with E-state index in [1.54, 1.807) is 0 Å². The van der Waals surface area contributed by atoms with E-state index in [4.69, 9.17) is 14.7 Å². The molecule has 25 heavy (non-hydrogen) atoms. The number of hydrogen-bond acceptors (Lipinski definition) is 3. The van der Waals surface area contributed by atoms with Crippen LogP contribution < -0.4 is 0 Å². The average Bonchev–Trinajstić information content (AvgIpc) is 2.67. The molecule has 1 saturated heterocycles. The van der Waals surface area contributed by atoms with E-state index in [0.717, 1.165) is 38.9 Å². The number of hydrogen-bond donors (Lipinski definition) is 0. The van der Waals surface area contributed by atoms with Gasteiger partial charge in [-0.15, -0.1) is 0 Å². The molecule has 1 aliphatic carbocycles. The average molecular weight is 350 g/mol. The highest BCUT2D eigenvalue weighted by molar-refractivity contribution is 4.88. The van der Waals surface area contributed by atoms with Gasteiger partial charge in [0.05, 0.1) is 19.3 Å². The van der Waals surface area contributed by atoms with Crippen LogP contribution in [0.4, 0.5) is 0 Å². The van der Waals surface area contributed by atoms with Gasteiger partial charge >= 0.3 is 0 Å². The number of nitriles is 1. The van der Waals surface area contributed by atoms with Crippen LogP contribution in [-0.4, -0.2) is 19.5 Å². The SMILES string of the molecule is CCCCCCCCCCC[C@H]1CO[C@H]([C@H]2CC[C@H](C#N)CC2)OC1. The van der Waals surface area contributed by atoms with Crippen molar-refractivity contribution < 1.29 is 9.47 Å². The Bertz CT molecular complexity index is 363. The minimum atomic E-state index is -0.000913. The van der Waals surface area contributed by atoms with Crippen LogP contribution in [0.3, 0.4) is 0 Å². The van der Waals surface area contributed by atoms with E-state index in [1.165, 1.54) is 64.2 Å². The first kappa shape index (κ1) is 20.7. The number of unbranched alkanes of at least 4 members (excludes halogenated alkanes) is 8. The molecule has 0 aromatic rings. The van der Waals surface area contributed by atoms with E-state index in [-0.39, 0.29) is 12.2 Å². The van der Waals surface area contributed by atoms with Gasteiger partial charge in [0.15, 0.2) is 6.29 Å². The molecule has 2 rings (SSSR count). The van der Waals surface area contributed by atoms with E-state index in [1.807, 2.05) is 0 Å². The summed E-state index contributed by atoms with van der Waals surface area (Å²) in [6, 6.07) is 2.40. The van der Waals surface area contributed by atoms with Crippen LogP contribution in [0.1, 0.15) is 96.8 Å². The van der Waals surface area contributed by atoms with Crippen molar-refractivity contribution in [1.82, 2.24) is 0 Å². The van der Waals surface area contributed by atoms with Crippen molar-refractivity contribution >= 4 is 0 Å². The molecule has 0 aromatic heterocycles. The predicted octanol–water partition coefficient (Wildman–Crippen LogP) is 6.23. The summed E-state index contributed by atoms with van der Waals surface area (Å²) in [5.74, 6) is 1.37. The molecule has 0 aromatic carbocycles. The largest absolute Gasteiger partial charge is 0.352 e. The Hall–Kier alpha value is -0.590. The summed E-state index contributed by atoms with van der Waals surface area (Å²) < 4.78 is 12.1. The zero-order valence-electron chi connectivity index (χ0n) is 16.4. The van der Waals surface area contributed by atoms with Crippen molar-refractivity contribution in [3.05, 3.63) is 0 Å². The lowest BCUT2D eigenvalue weighted by molar-refractivity contribution is -0.229. The summed E-state index contributed by atoms with van der Waals surface area (Å²) in [6.07, 6.45) is 18.0. The second-order valence-corrected chi connectivity index (χ2v) is 8.26. The zero-order chi connectivity index (χ0) is 17.7. The van der Waals surface area contributed by atoms with Gasteiger partial charge in [-0.25, -0.2) is 0 Å². The Morgan fingerprint density at radius 3 is 1.92 bits per heavy atom. The fraction of sp³-hybridized carbons (Fsp3) is 0.955. The van der Waals surface area contributed by atoms with Gasteiger partial charge < -0.3 is 9.47 Å². The Labute approximate surface area is 155 Å². The maximum Gasteiger partial charge on any atom is 0.160 e. The summed E-state index contributed by atoms with van der Waals surface area (Å²) in [5, 5.41) is 8.99. The number of ether oxygens (including phenoxy) is 2. The van der Waals surface area contributed by atoms with Gasteiger partial charge in [0, 0.05) is 17.8 Å². The normalized spacial score (nSPS) is 30.1. The molecule has 0 amide bonds. The number of nitrogens with zero attached hydrogens (tertiary/aromatic N) is 1. The standard InChI is InChI=1S/C22H39NO2/c1-2-3-4-5-6-7-8-9-10-11-20-17-24-22(25-18-20)21-14-12-19(16-23)13-15-21/h19-22H,2-15,17-18H2,1H3/t19-,20-,21-,22-. The van der Waals surface area contributed by atoms with E-state index in [9.17, 15) is 0 Å². The molecular weight excluding hydrogens is 310 g/mol. The topological polar surface area (TPSA) is 42.2 Å². The third kappa shape index (κ3) is 8.09. The Morgan fingerprint density at radius 1 is 0.800 bits per heavy atom. The first-order chi connectivity index (χ1) is 12.3. The molecule has 0 radical (unpaired) electrons. The fourth-order valence-corrected chi connectivity index (χ4v) is 4.26. The van der Waals surface area contributed by atoms with Crippen molar-refractivity contribution in [3.63, 3.8) is 0 Å². The molecule has 0 bridgehead atoms. The molecule has 0 spiro atoms. The van der Waals surface area contributed by atoms with Crippen molar-refractivity contribution in [2.75, 3.05) is 13.2 Å². The third-order valence-corrected chi connectivity index (χ3v) is 6.05. The van der Waals surface area contributed by atoms with Crippen molar-refractivity contribution in [2.45, 2.75) is 103 Å². The van der Waals surface area contributed by atoms with E-state index in [2.05, 4.69) is 13.0 Å². The first-order valence-corrected chi connectivity index (χ1v) is 11.0. The lowest BCUT2D eigenvalue weighted by Crippen LogP contribution is -2.38. The highest BCUT2D eigenvalue weighted by atomic mass is 16.7. The zero-order valence-corrected chi connectivity index (χ0v) is 16.4. The van der Waals surface area contributed by atoms with Crippen molar-refractivity contribution in [1.29, 1.82) is 5.26 Å². The minimum Gasteiger partial charge on any atom is -0.352 e. The molecule has 3 heteroatoms. The monoisotopic (exact) mass is 349 g/mol. The summed E-state index contributed by atoms with van der Waals surface area (Å²) in [5.41, 5.74) is 0. The second-order valence-electron chi connectivity index (χ2n) is 8.26. The van der Waals surface area contributed by atoms with E-state index in [0.29, 0.717) is 11.8 Å². The summed E-state index contributed by atoms with van der Waals surface area (Å²) in [7, 11) is 0. The molecule has 0 unspecified atom stereocenters. The Balaban J connectivity index is 1.44. The van der Waals surface area contributed by atoms with Crippen molar-refractivity contribution in [2.24, 2.45) is 17.8 Å². The van der Waals surface area contributed by atoms with Gasteiger partial charge in [0.25, 0.3) is 0 Å². The summed E-state index contributed by atoms with van der Waals surface area (Å²) in [6.45, 7) is 4.03. The lowest BCUT2D eigenvalue weighted by atomic mass is 9.82. The molecular formula is C22H39NO2.